The number of non-ortho nitro benzene ring substituents is 1. The Kier molecular flexibility index (Phi) is 4.19. The Morgan fingerprint density at radius 2 is 1.97 bits per heavy atom. The molecule has 3 atom stereocenters. The summed E-state index contributed by atoms with van der Waals surface area (Å²) in [5.41, 5.74) is 0.0625. The fourth-order valence-corrected chi connectivity index (χ4v) is 5.50. The molecule has 0 N–H and O–H groups in total. The zero-order valence-corrected chi connectivity index (χ0v) is 17.5. The number of benzene rings is 2. The van der Waals surface area contributed by atoms with Gasteiger partial charge in [0.15, 0.2) is 4.80 Å². The maximum absolute atomic E-state index is 13.4. The van der Waals surface area contributed by atoms with Crippen LogP contribution in [0.5, 0.6) is 5.75 Å². The predicted molar refractivity (Wildman–Crippen MR) is 114 cm³/mol. The minimum atomic E-state index is -1.10. The Morgan fingerprint density at radius 1 is 1.26 bits per heavy atom. The maximum atomic E-state index is 13.4. The van der Waals surface area contributed by atoms with Crippen molar-refractivity contribution in [2.24, 2.45) is 10.9 Å². The number of rotatable bonds is 3. The van der Waals surface area contributed by atoms with Gasteiger partial charge < -0.3 is 4.74 Å². The Hall–Kier alpha value is -3.59. The van der Waals surface area contributed by atoms with E-state index in [1.165, 1.54) is 30.4 Å². The number of nitro benzene ring substituents is 1. The molecule has 0 spiro atoms. The molecule has 0 fully saturated rings. The molecule has 3 unspecified atom stereocenters. The first-order valence-electron chi connectivity index (χ1n) is 9.64. The van der Waals surface area contributed by atoms with E-state index in [9.17, 15) is 19.7 Å². The summed E-state index contributed by atoms with van der Waals surface area (Å²) < 4.78 is 8.17. The first-order valence-corrected chi connectivity index (χ1v) is 10.5. The van der Waals surface area contributed by atoms with Crippen LogP contribution in [0.2, 0.25) is 0 Å². The third kappa shape index (κ3) is 2.92. The average molecular weight is 435 g/mol. The number of thiazole rings is 1. The summed E-state index contributed by atoms with van der Waals surface area (Å²) in [6, 6.07) is 12.8. The predicted octanol–water partition coefficient (Wildman–Crippen LogP) is 2.18. The molecule has 0 radical (unpaired) electrons. The SMILES string of the molecule is CC(=O)C1C2c3ccccc3OC1(C)N=c1s/c(=C\c3ccc([N+](=O)[O-])cc3)c(=O)n12. The van der Waals surface area contributed by atoms with Crippen LogP contribution in [0.1, 0.15) is 31.0 Å². The maximum Gasteiger partial charge on any atom is 0.270 e. The van der Waals surface area contributed by atoms with Gasteiger partial charge in [0.1, 0.15) is 17.5 Å². The molecule has 31 heavy (non-hydrogen) atoms. The first-order chi connectivity index (χ1) is 14.8. The normalized spacial score (nSPS) is 23.9. The molecule has 5 rings (SSSR count). The second-order valence-corrected chi connectivity index (χ2v) is 8.77. The smallest absolute Gasteiger partial charge is 0.270 e. The van der Waals surface area contributed by atoms with Crippen molar-refractivity contribution in [1.29, 1.82) is 0 Å². The molecule has 0 aliphatic carbocycles. The van der Waals surface area contributed by atoms with Crippen LogP contribution in [0.25, 0.3) is 6.08 Å². The summed E-state index contributed by atoms with van der Waals surface area (Å²) in [5, 5.41) is 10.9. The lowest BCUT2D eigenvalue weighted by atomic mass is 9.79. The summed E-state index contributed by atoms with van der Waals surface area (Å²) in [6.45, 7) is 3.27. The molecule has 2 aromatic carbocycles. The molecule has 9 heteroatoms. The van der Waals surface area contributed by atoms with Crippen LogP contribution >= 0.6 is 11.3 Å². The molecule has 2 aliphatic heterocycles. The van der Waals surface area contributed by atoms with Gasteiger partial charge in [-0.15, -0.1) is 0 Å². The molecule has 0 amide bonds. The lowest BCUT2D eigenvalue weighted by molar-refractivity contribution is -0.384. The highest BCUT2D eigenvalue weighted by atomic mass is 32.1. The van der Waals surface area contributed by atoms with Gasteiger partial charge in [0.2, 0.25) is 5.72 Å². The largest absolute Gasteiger partial charge is 0.465 e. The molecular weight excluding hydrogens is 418 g/mol. The second-order valence-electron chi connectivity index (χ2n) is 7.76. The van der Waals surface area contributed by atoms with Gasteiger partial charge in [-0.3, -0.25) is 24.3 Å². The van der Waals surface area contributed by atoms with Crippen LogP contribution in [0.3, 0.4) is 0 Å². The summed E-state index contributed by atoms with van der Waals surface area (Å²) in [6.07, 6.45) is 1.68. The van der Waals surface area contributed by atoms with Crippen LogP contribution in [0, 0.1) is 16.0 Å². The fourth-order valence-electron chi connectivity index (χ4n) is 4.40. The van der Waals surface area contributed by atoms with E-state index in [1.807, 2.05) is 24.3 Å². The fraction of sp³-hybridized carbons (Fsp3) is 0.227. The van der Waals surface area contributed by atoms with Crippen molar-refractivity contribution in [3.63, 3.8) is 0 Å². The number of ketones is 1. The monoisotopic (exact) mass is 435 g/mol. The van der Waals surface area contributed by atoms with Gasteiger partial charge in [-0.1, -0.05) is 29.5 Å². The van der Waals surface area contributed by atoms with E-state index in [0.717, 1.165) is 5.56 Å². The van der Waals surface area contributed by atoms with Crippen LogP contribution in [0.4, 0.5) is 5.69 Å². The zero-order chi connectivity index (χ0) is 21.9. The van der Waals surface area contributed by atoms with E-state index in [4.69, 9.17) is 4.74 Å². The zero-order valence-electron chi connectivity index (χ0n) is 16.6. The number of fused-ring (bicyclic) bond motifs is 6. The van der Waals surface area contributed by atoms with Gasteiger partial charge in [-0.2, -0.15) is 0 Å². The van der Waals surface area contributed by atoms with Gasteiger partial charge in [0.25, 0.3) is 11.2 Å². The van der Waals surface area contributed by atoms with E-state index in [1.54, 1.807) is 29.7 Å². The highest BCUT2D eigenvalue weighted by Gasteiger charge is 2.53. The lowest BCUT2D eigenvalue weighted by Crippen LogP contribution is -2.58. The Morgan fingerprint density at radius 3 is 2.65 bits per heavy atom. The van der Waals surface area contributed by atoms with Crippen LogP contribution in [-0.4, -0.2) is 21.0 Å². The molecule has 1 aromatic heterocycles. The molecule has 156 valence electrons. The van der Waals surface area contributed by atoms with E-state index >= 15 is 0 Å². The van der Waals surface area contributed by atoms with Crippen LogP contribution in [0.15, 0.2) is 58.3 Å². The quantitative estimate of drug-likeness (QED) is 0.463. The van der Waals surface area contributed by atoms with E-state index in [-0.39, 0.29) is 17.0 Å². The van der Waals surface area contributed by atoms with E-state index < -0.39 is 22.6 Å². The number of carbonyl (C=O) groups excluding carboxylic acids is 1. The minimum Gasteiger partial charge on any atom is -0.465 e. The highest BCUT2D eigenvalue weighted by molar-refractivity contribution is 7.07. The highest BCUT2D eigenvalue weighted by Crippen LogP contribution is 2.47. The Bertz CT molecular complexity index is 1420. The standard InChI is InChI=1S/C22H17N3O5S/c1-12(26)18-19-15-5-3-4-6-16(15)30-22(18,2)23-21-24(19)20(27)17(31-21)11-13-7-9-14(10-8-13)25(28)29/h3-11,18-19H,1-2H3/b17-11-. The topological polar surface area (TPSA) is 104 Å². The number of hydrogen-bond donors (Lipinski definition) is 0. The number of carbonyl (C=O) groups is 1. The molecule has 8 nitrogen and oxygen atoms in total. The minimum absolute atomic E-state index is 0.0193. The van der Waals surface area contributed by atoms with Crippen LogP contribution in [-0.2, 0) is 4.79 Å². The third-order valence-corrected chi connectivity index (χ3v) is 6.70. The third-order valence-electron chi connectivity index (χ3n) is 5.72. The van der Waals surface area contributed by atoms with Gasteiger partial charge in [0, 0.05) is 17.7 Å². The average Bonchev–Trinajstić information content (AvgIpc) is 3.01. The van der Waals surface area contributed by atoms with Gasteiger partial charge in [-0.05, 0) is 43.7 Å². The van der Waals surface area contributed by atoms with E-state index in [2.05, 4.69) is 4.99 Å². The van der Waals surface area contributed by atoms with Gasteiger partial charge >= 0.3 is 0 Å². The van der Waals surface area contributed by atoms with Crippen molar-refractivity contribution in [2.75, 3.05) is 0 Å². The number of aromatic nitrogens is 1. The van der Waals surface area contributed by atoms with Crippen molar-refractivity contribution in [3.8, 4) is 5.75 Å². The van der Waals surface area contributed by atoms with Gasteiger partial charge in [0.05, 0.1) is 15.5 Å². The number of hydrogen-bond acceptors (Lipinski definition) is 7. The first kappa shape index (κ1) is 19.4. The van der Waals surface area contributed by atoms with Crippen molar-refractivity contribution >= 4 is 28.9 Å². The summed E-state index contributed by atoms with van der Waals surface area (Å²) >= 11 is 1.21. The lowest BCUT2D eigenvalue weighted by Gasteiger charge is -2.45. The number of nitrogens with zero attached hydrogens (tertiary/aromatic N) is 3. The van der Waals surface area contributed by atoms with E-state index in [0.29, 0.717) is 20.6 Å². The van der Waals surface area contributed by atoms with Crippen molar-refractivity contribution in [3.05, 3.63) is 89.5 Å². The second kappa shape index (κ2) is 6.71. The summed E-state index contributed by atoms with van der Waals surface area (Å²) in [7, 11) is 0. The van der Waals surface area contributed by atoms with Crippen molar-refractivity contribution in [1.82, 2.24) is 4.57 Å². The Labute approximate surface area is 179 Å². The van der Waals surface area contributed by atoms with Crippen molar-refractivity contribution < 1.29 is 14.5 Å². The van der Waals surface area contributed by atoms with Crippen LogP contribution < -0.4 is 19.6 Å². The Balaban J connectivity index is 1.74. The molecule has 0 saturated heterocycles. The molecule has 2 bridgehead atoms. The molecule has 3 aromatic rings. The number of para-hydroxylation sites is 1. The number of Topliss-reactive ketones (excluding diaryl/α,β-unsaturated/α-hetero) is 1. The summed E-state index contributed by atoms with van der Waals surface area (Å²) in [4.78, 5) is 41.6. The molecule has 0 saturated carbocycles. The van der Waals surface area contributed by atoms with Crippen molar-refractivity contribution in [2.45, 2.75) is 25.6 Å². The molecule has 2 aliphatic rings. The number of ether oxygens (including phenoxy) is 1. The molecular formula is C22H17N3O5S. The summed E-state index contributed by atoms with van der Waals surface area (Å²) in [5.74, 6) is -0.120. The number of nitro groups is 1. The molecule has 3 heterocycles. The van der Waals surface area contributed by atoms with Gasteiger partial charge in [-0.25, -0.2) is 4.99 Å².